The van der Waals surface area contributed by atoms with Crippen molar-refractivity contribution in [2.75, 3.05) is 0 Å². The van der Waals surface area contributed by atoms with E-state index in [4.69, 9.17) is 9.97 Å². The van der Waals surface area contributed by atoms with Gasteiger partial charge in [0.05, 0.1) is 27.8 Å². The minimum absolute atomic E-state index is 0.803. The largest absolute Gasteiger partial charge is 0.342 e. The number of rotatable bonds is 6. The molecular formula is C26H28N4. The van der Waals surface area contributed by atoms with E-state index in [1.54, 1.807) is 0 Å². The van der Waals surface area contributed by atoms with Crippen molar-refractivity contribution in [1.29, 1.82) is 0 Å². The average molecular weight is 397 g/mol. The lowest BCUT2D eigenvalue weighted by Gasteiger charge is -2.06. The summed E-state index contributed by atoms with van der Waals surface area (Å²) in [6.45, 7) is 8.44. The molecule has 0 aliphatic carbocycles. The van der Waals surface area contributed by atoms with Crippen LogP contribution in [0.5, 0.6) is 0 Å². The van der Waals surface area contributed by atoms with Crippen molar-refractivity contribution >= 4 is 28.1 Å². The lowest BCUT2D eigenvalue weighted by molar-refractivity contribution is 0.859. The number of fused-ring (bicyclic) bond motifs is 2. The van der Waals surface area contributed by atoms with Gasteiger partial charge in [-0.25, -0.2) is 9.97 Å². The average Bonchev–Trinajstić information content (AvgIpc) is 3.17. The van der Waals surface area contributed by atoms with E-state index in [0.29, 0.717) is 0 Å². The van der Waals surface area contributed by atoms with Gasteiger partial charge in [0, 0.05) is 18.2 Å². The Balaban J connectivity index is 1.59. The number of benzene rings is 2. The van der Waals surface area contributed by atoms with Gasteiger partial charge in [-0.15, -0.1) is 0 Å². The van der Waals surface area contributed by atoms with Crippen LogP contribution in [0.1, 0.15) is 47.1 Å². The molecule has 4 rings (SSSR count). The van der Waals surface area contributed by atoms with E-state index in [-0.39, 0.29) is 0 Å². The number of nitrogens with zero attached hydrogens (tertiary/aromatic N) is 3. The third-order valence-corrected chi connectivity index (χ3v) is 5.48. The second kappa shape index (κ2) is 8.62. The van der Waals surface area contributed by atoms with Crippen LogP contribution in [0.2, 0.25) is 0 Å². The van der Waals surface area contributed by atoms with Gasteiger partial charge in [0.25, 0.3) is 0 Å². The zero-order valence-corrected chi connectivity index (χ0v) is 18.2. The fraction of sp³-hybridized carbons (Fsp3) is 0.269. The molecule has 0 aliphatic heterocycles. The molecule has 152 valence electrons. The Bertz CT molecular complexity index is 1260. The van der Waals surface area contributed by atoms with Crippen LogP contribution in [-0.2, 0) is 12.8 Å². The van der Waals surface area contributed by atoms with Crippen LogP contribution in [-0.4, -0.2) is 19.9 Å². The Hall–Kier alpha value is -3.27. The van der Waals surface area contributed by atoms with Crippen molar-refractivity contribution in [3.8, 4) is 0 Å². The number of aromatic nitrogens is 4. The SMILES string of the molecule is CC/C=C/C=C\c1c(C)ccc2[nH]c(CCc3cnc4c(C)ccc(C)c4n3)nc12. The molecule has 0 spiro atoms. The summed E-state index contributed by atoms with van der Waals surface area (Å²) >= 11 is 0. The Labute approximate surface area is 177 Å². The highest BCUT2D eigenvalue weighted by Gasteiger charge is 2.10. The van der Waals surface area contributed by atoms with Gasteiger partial charge >= 0.3 is 0 Å². The van der Waals surface area contributed by atoms with Gasteiger partial charge < -0.3 is 4.98 Å². The van der Waals surface area contributed by atoms with E-state index in [9.17, 15) is 0 Å². The smallest absolute Gasteiger partial charge is 0.107 e. The second-order valence-electron chi connectivity index (χ2n) is 7.83. The molecule has 0 unspecified atom stereocenters. The first-order chi connectivity index (χ1) is 14.6. The fourth-order valence-corrected chi connectivity index (χ4v) is 3.71. The highest BCUT2D eigenvalue weighted by atomic mass is 14.9. The molecule has 4 heteroatoms. The first kappa shape index (κ1) is 20.0. The molecule has 0 bridgehead atoms. The molecule has 0 saturated heterocycles. The molecule has 4 nitrogen and oxygen atoms in total. The van der Waals surface area contributed by atoms with Crippen molar-refractivity contribution in [2.24, 2.45) is 0 Å². The summed E-state index contributed by atoms with van der Waals surface area (Å²) in [5.74, 6) is 0.984. The summed E-state index contributed by atoms with van der Waals surface area (Å²) in [7, 11) is 0. The molecule has 4 aromatic rings. The third kappa shape index (κ3) is 4.04. The number of allylic oxidation sites excluding steroid dienone is 3. The summed E-state index contributed by atoms with van der Waals surface area (Å²) < 4.78 is 0. The van der Waals surface area contributed by atoms with Gasteiger partial charge in [0.2, 0.25) is 0 Å². The highest BCUT2D eigenvalue weighted by molar-refractivity contribution is 5.87. The molecule has 0 radical (unpaired) electrons. The number of hydrogen-bond acceptors (Lipinski definition) is 3. The predicted molar refractivity (Wildman–Crippen MR) is 126 cm³/mol. The molecule has 30 heavy (non-hydrogen) atoms. The normalized spacial score (nSPS) is 12.1. The van der Waals surface area contributed by atoms with Crippen LogP contribution < -0.4 is 0 Å². The number of H-pyrrole nitrogens is 1. The Kier molecular flexibility index (Phi) is 5.75. The minimum Gasteiger partial charge on any atom is -0.342 e. The molecule has 1 N–H and O–H groups in total. The fourth-order valence-electron chi connectivity index (χ4n) is 3.71. The van der Waals surface area contributed by atoms with Crippen LogP contribution in [0.25, 0.3) is 28.1 Å². The van der Waals surface area contributed by atoms with Gasteiger partial charge in [-0.1, -0.05) is 49.4 Å². The van der Waals surface area contributed by atoms with Crippen LogP contribution in [0, 0.1) is 20.8 Å². The lowest BCUT2D eigenvalue weighted by atomic mass is 10.1. The zero-order valence-electron chi connectivity index (χ0n) is 18.2. The topological polar surface area (TPSA) is 54.5 Å². The lowest BCUT2D eigenvalue weighted by Crippen LogP contribution is -1.99. The number of aromatic amines is 1. The maximum Gasteiger partial charge on any atom is 0.107 e. The van der Waals surface area contributed by atoms with Crippen molar-refractivity contribution in [3.05, 3.63) is 82.5 Å². The molecule has 0 amide bonds. The van der Waals surface area contributed by atoms with Gasteiger partial charge in [0.1, 0.15) is 5.82 Å². The van der Waals surface area contributed by atoms with E-state index >= 15 is 0 Å². The Morgan fingerprint density at radius 1 is 0.833 bits per heavy atom. The minimum atomic E-state index is 0.803. The van der Waals surface area contributed by atoms with Crippen LogP contribution in [0.3, 0.4) is 0 Å². The molecule has 2 aromatic heterocycles. The Morgan fingerprint density at radius 2 is 1.60 bits per heavy atom. The first-order valence-corrected chi connectivity index (χ1v) is 10.6. The number of imidazole rings is 1. The van der Waals surface area contributed by atoms with Gasteiger partial charge in [-0.3, -0.25) is 4.98 Å². The molecular weight excluding hydrogens is 368 g/mol. The van der Waals surface area contributed by atoms with E-state index in [1.165, 1.54) is 11.1 Å². The van der Waals surface area contributed by atoms with Crippen LogP contribution in [0.15, 0.2) is 48.7 Å². The Morgan fingerprint density at radius 3 is 2.40 bits per heavy atom. The third-order valence-electron chi connectivity index (χ3n) is 5.48. The maximum atomic E-state index is 4.90. The van der Waals surface area contributed by atoms with E-state index in [2.05, 4.69) is 86.2 Å². The monoisotopic (exact) mass is 396 g/mol. The standard InChI is InChI=1S/C26H28N4/c1-5-6-7-8-9-21-17(2)12-14-22-26(21)30-23(29-22)15-13-20-16-27-24-18(3)10-11-19(4)25(24)28-20/h6-12,14,16H,5,13,15H2,1-4H3,(H,29,30)/b7-6+,9-8-. The molecule has 0 saturated carbocycles. The molecule has 0 fully saturated rings. The second-order valence-corrected chi connectivity index (χ2v) is 7.83. The summed E-state index contributed by atoms with van der Waals surface area (Å²) in [4.78, 5) is 17.9. The van der Waals surface area contributed by atoms with Crippen molar-refractivity contribution < 1.29 is 0 Å². The van der Waals surface area contributed by atoms with Crippen LogP contribution >= 0.6 is 0 Å². The highest BCUT2D eigenvalue weighted by Crippen LogP contribution is 2.23. The zero-order chi connectivity index (χ0) is 21.1. The predicted octanol–water partition coefficient (Wildman–Crippen LogP) is 6.20. The number of nitrogens with one attached hydrogen (secondary N) is 1. The first-order valence-electron chi connectivity index (χ1n) is 10.6. The van der Waals surface area contributed by atoms with E-state index in [0.717, 1.165) is 64.0 Å². The summed E-state index contributed by atoms with van der Waals surface area (Å²) in [5.41, 5.74) is 9.83. The van der Waals surface area contributed by atoms with Crippen molar-refractivity contribution in [3.63, 3.8) is 0 Å². The molecule has 0 atom stereocenters. The summed E-state index contributed by atoms with van der Waals surface area (Å²) in [6.07, 6.45) is 13.0. The molecule has 2 aromatic carbocycles. The van der Waals surface area contributed by atoms with Gasteiger partial charge in [-0.05, 0) is 56.4 Å². The quantitative estimate of drug-likeness (QED) is 0.395. The summed E-state index contributed by atoms with van der Waals surface area (Å²) in [5, 5.41) is 0. The molecule has 2 heterocycles. The van der Waals surface area contributed by atoms with Crippen molar-refractivity contribution in [1.82, 2.24) is 19.9 Å². The van der Waals surface area contributed by atoms with E-state index in [1.807, 2.05) is 6.20 Å². The maximum absolute atomic E-state index is 4.90. The van der Waals surface area contributed by atoms with Crippen molar-refractivity contribution in [2.45, 2.75) is 47.0 Å². The van der Waals surface area contributed by atoms with E-state index < -0.39 is 0 Å². The van der Waals surface area contributed by atoms with Crippen LogP contribution in [0.4, 0.5) is 0 Å². The number of hydrogen-bond donors (Lipinski definition) is 1. The summed E-state index contributed by atoms with van der Waals surface area (Å²) in [6, 6.07) is 8.48. The molecule has 0 aliphatic rings. The van der Waals surface area contributed by atoms with Gasteiger partial charge in [-0.2, -0.15) is 0 Å². The number of aryl methyl sites for hydroxylation is 5. The van der Waals surface area contributed by atoms with Gasteiger partial charge in [0.15, 0.2) is 0 Å².